The number of guanidine groups is 1. The number of hydrogen-bond donors (Lipinski definition) is 2. The van der Waals surface area contributed by atoms with E-state index in [2.05, 4.69) is 31.6 Å². The van der Waals surface area contributed by atoms with Gasteiger partial charge >= 0.3 is 6.09 Å². The molecule has 26 heavy (non-hydrogen) atoms. The summed E-state index contributed by atoms with van der Waals surface area (Å²) < 4.78 is 11.2. The molecule has 1 saturated heterocycles. The summed E-state index contributed by atoms with van der Waals surface area (Å²) in [6.45, 7) is 4.28. The highest BCUT2D eigenvalue weighted by molar-refractivity contribution is 9.10. The molecule has 1 fully saturated rings. The van der Waals surface area contributed by atoms with Crippen LogP contribution in [0.3, 0.4) is 0 Å². The average molecular weight is 427 g/mol. The van der Waals surface area contributed by atoms with E-state index < -0.39 is 0 Å². The molecular weight excluding hydrogens is 400 g/mol. The molecular formula is C18H27BrN4O3. The molecule has 7 nitrogen and oxygen atoms in total. The summed E-state index contributed by atoms with van der Waals surface area (Å²) in [6.07, 6.45) is 1.51. The second-order valence-electron chi connectivity index (χ2n) is 6.00. The van der Waals surface area contributed by atoms with Crippen LogP contribution in [-0.2, 0) is 11.3 Å². The lowest BCUT2D eigenvalue weighted by Crippen LogP contribution is -2.49. The number of carbonyl (C=O) groups is 1. The monoisotopic (exact) mass is 426 g/mol. The van der Waals surface area contributed by atoms with E-state index in [0.29, 0.717) is 26.2 Å². The quantitative estimate of drug-likeness (QED) is 0.559. The van der Waals surface area contributed by atoms with Gasteiger partial charge in [-0.25, -0.2) is 4.79 Å². The normalized spacial score (nSPS) is 15.5. The van der Waals surface area contributed by atoms with Gasteiger partial charge in [0.2, 0.25) is 0 Å². The van der Waals surface area contributed by atoms with E-state index in [-0.39, 0.29) is 12.1 Å². The largest absolute Gasteiger partial charge is 0.496 e. The highest BCUT2D eigenvalue weighted by atomic mass is 79.9. The first-order chi connectivity index (χ1) is 12.6. The van der Waals surface area contributed by atoms with Crippen LogP contribution >= 0.6 is 15.9 Å². The van der Waals surface area contributed by atoms with Gasteiger partial charge in [0, 0.05) is 32.7 Å². The molecule has 1 aliphatic heterocycles. The van der Waals surface area contributed by atoms with Crippen molar-refractivity contribution in [3.8, 4) is 5.75 Å². The number of amides is 1. The summed E-state index contributed by atoms with van der Waals surface area (Å²) in [6, 6.07) is 6.26. The topological polar surface area (TPSA) is 75.2 Å². The fraction of sp³-hybridized carbons (Fsp3) is 0.556. The van der Waals surface area contributed by atoms with Crippen molar-refractivity contribution in [1.82, 2.24) is 15.5 Å². The molecule has 1 aromatic rings. The van der Waals surface area contributed by atoms with Crippen LogP contribution in [0, 0.1) is 0 Å². The number of nitrogens with one attached hydrogen (secondary N) is 2. The van der Waals surface area contributed by atoms with E-state index >= 15 is 0 Å². The van der Waals surface area contributed by atoms with Crippen molar-refractivity contribution < 1.29 is 14.3 Å². The second kappa shape index (κ2) is 10.3. The number of likely N-dealkylation sites (tertiary alicyclic amines) is 1. The molecule has 0 bridgehead atoms. The average Bonchev–Trinajstić information content (AvgIpc) is 2.66. The predicted molar refractivity (Wildman–Crippen MR) is 106 cm³/mol. The molecule has 1 amide bonds. The molecule has 1 heterocycles. The van der Waals surface area contributed by atoms with Gasteiger partial charge in [0.05, 0.1) is 18.2 Å². The van der Waals surface area contributed by atoms with Crippen LogP contribution < -0.4 is 15.4 Å². The zero-order valence-electron chi connectivity index (χ0n) is 15.5. The Morgan fingerprint density at radius 3 is 2.69 bits per heavy atom. The molecule has 0 radical (unpaired) electrons. The fourth-order valence-corrected chi connectivity index (χ4v) is 3.40. The summed E-state index contributed by atoms with van der Waals surface area (Å²) in [5, 5.41) is 6.75. The van der Waals surface area contributed by atoms with Crippen LogP contribution in [0.15, 0.2) is 27.7 Å². The van der Waals surface area contributed by atoms with Gasteiger partial charge < -0.3 is 25.0 Å². The summed E-state index contributed by atoms with van der Waals surface area (Å²) in [7, 11) is 3.41. The molecule has 0 spiro atoms. The summed E-state index contributed by atoms with van der Waals surface area (Å²) in [5.41, 5.74) is 1.12. The fourth-order valence-electron chi connectivity index (χ4n) is 2.81. The number of piperidine rings is 1. The van der Waals surface area contributed by atoms with Crippen LogP contribution in [0.25, 0.3) is 0 Å². The number of ether oxygens (including phenoxy) is 2. The van der Waals surface area contributed by atoms with E-state index in [1.165, 1.54) is 0 Å². The van der Waals surface area contributed by atoms with E-state index in [1.54, 1.807) is 19.1 Å². The molecule has 0 unspecified atom stereocenters. The van der Waals surface area contributed by atoms with Crippen molar-refractivity contribution in [1.29, 1.82) is 0 Å². The first kappa shape index (κ1) is 20.4. The van der Waals surface area contributed by atoms with Gasteiger partial charge in [0.15, 0.2) is 5.96 Å². The Labute approximate surface area is 163 Å². The van der Waals surface area contributed by atoms with Gasteiger partial charge in [-0.1, -0.05) is 6.07 Å². The minimum absolute atomic E-state index is 0.224. The van der Waals surface area contributed by atoms with Gasteiger partial charge in [-0.15, -0.1) is 0 Å². The lowest BCUT2D eigenvalue weighted by atomic mass is 10.1. The molecule has 144 valence electrons. The van der Waals surface area contributed by atoms with E-state index in [0.717, 1.165) is 34.6 Å². The molecule has 8 heteroatoms. The summed E-state index contributed by atoms with van der Waals surface area (Å²) in [5.74, 6) is 1.57. The third kappa shape index (κ3) is 5.79. The smallest absolute Gasteiger partial charge is 0.409 e. The summed E-state index contributed by atoms with van der Waals surface area (Å²) in [4.78, 5) is 17.8. The van der Waals surface area contributed by atoms with Crippen LogP contribution in [0.1, 0.15) is 25.3 Å². The zero-order valence-corrected chi connectivity index (χ0v) is 17.1. The third-order valence-electron chi connectivity index (χ3n) is 4.26. The molecule has 2 rings (SSSR count). The highest BCUT2D eigenvalue weighted by Gasteiger charge is 2.24. The van der Waals surface area contributed by atoms with E-state index in [9.17, 15) is 4.79 Å². The molecule has 1 aromatic carbocycles. The first-order valence-electron chi connectivity index (χ1n) is 8.78. The number of rotatable bonds is 5. The van der Waals surface area contributed by atoms with Crippen LogP contribution in [-0.4, -0.2) is 56.8 Å². The van der Waals surface area contributed by atoms with Crippen LogP contribution in [0.2, 0.25) is 0 Å². The Hall–Kier alpha value is -1.96. The van der Waals surface area contributed by atoms with Gasteiger partial charge in [-0.3, -0.25) is 4.99 Å². The number of hydrogen-bond acceptors (Lipinski definition) is 4. The van der Waals surface area contributed by atoms with E-state index in [4.69, 9.17) is 9.47 Å². The molecule has 2 N–H and O–H groups in total. The maximum atomic E-state index is 11.8. The van der Waals surface area contributed by atoms with Crippen molar-refractivity contribution in [3.63, 3.8) is 0 Å². The lowest BCUT2D eigenvalue weighted by molar-refractivity contribution is 0.0963. The highest BCUT2D eigenvalue weighted by Crippen LogP contribution is 2.25. The van der Waals surface area contributed by atoms with Crippen molar-refractivity contribution >= 4 is 28.0 Å². The number of carbonyl (C=O) groups excluding carboxylic acids is 1. The van der Waals surface area contributed by atoms with Crippen molar-refractivity contribution in [2.45, 2.75) is 32.4 Å². The minimum atomic E-state index is -0.224. The SMILES string of the molecule is CCOC(=O)N1CCC(NC(=NC)NCc2ccc(OC)c(Br)c2)CC1. The van der Waals surface area contributed by atoms with Crippen molar-refractivity contribution in [3.05, 3.63) is 28.2 Å². The van der Waals surface area contributed by atoms with Crippen molar-refractivity contribution in [2.24, 2.45) is 4.99 Å². The molecule has 0 aromatic heterocycles. The Balaban J connectivity index is 1.80. The van der Waals surface area contributed by atoms with Gasteiger partial charge in [0.1, 0.15) is 5.75 Å². The minimum Gasteiger partial charge on any atom is -0.496 e. The first-order valence-corrected chi connectivity index (χ1v) is 9.58. The second-order valence-corrected chi connectivity index (χ2v) is 6.85. The van der Waals surface area contributed by atoms with Gasteiger partial charge in [-0.05, 0) is 53.4 Å². The Bertz CT molecular complexity index is 631. The number of aliphatic imine (C=N–C) groups is 1. The van der Waals surface area contributed by atoms with Crippen LogP contribution in [0.4, 0.5) is 4.79 Å². The molecule has 0 saturated carbocycles. The summed E-state index contributed by atoms with van der Waals surface area (Å²) >= 11 is 3.50. The predicted octanol–water partition coefficient (Wildman–Crippen LogP) is 2.74. The maximum Gasteiger partial charge on any atom is 0.409 e. The Kier molecular flexibility index (Phi) is 8.03. The lowest BCUT2D eigenvalue weighted by Gasteiger charge is -2.32. The van der Waals surface area contributed by atoms with Gasteiger partial charge in [0.25, 0.3) is 0 Å². The maximum absolute atomic E-state index is 11.8. The number of benzene rings is 1. The number of halogens is 1. The van der Waals surface area contributed by atoms with Crippen molar-refractivity contribution in [2.75, 3.05) is 33.9 Å². The number of nitrogens with zero attached hydrogens (tertiary/aromatic N) is 2. The molecule has 0 atom stereocenters. The molecule has 0 aliphatic carbocycles. The van der Waals surface area contributed by atoms with Gasteiger partial charge in [-0.2, -0.15) is 0 Å². The van der Waals surface area contributed by atoms with E-state index in [1.807, 2.05) is 25.1 Å². The Morgan fingerprint density at radius 1 is 1.38 bits per heavy atom. The standard InChI is InChI=1S/C18H27BrN4O3/c1-4-26-18(24)23-9-7-14(8-10-23)22-17(20-2)21-12-13-5-6-16(25-3)15(19)11-13/h5-6,11,14H,4,7-10,12H2,1-3H3,(H2,20,21,22). The Morgan fingerprint density at radius 2 is 2.12 bits per heavy atom. The third-order valence-corrected chi connectivity index (χ3v) is 4.88. The zero-order chi connectivity index (χ0) is 18.9. The van der Waals surface area contributed by atoms with Crippen LogP contribution in [0.5, 0.6) is 5.75 Å². The molecule has 1 aliphatic rings. The number of methoxy groups -OCH3 is 1.